The van der Waals surface area contributed by atoms with Gasteiger partial charge in [0, 0.05) is 29.0 Å². The van der Waals surface area contributed by atoms with Gasteiger partial charge in [0.2, 0.25) is 0 Å². The summed E-state index contributed by atoms with van der Waals surface area (Å²) in [6.07, 6.45) is 2.34. The highest BCUT2D eigenvalue weighted by molar-refractivity contribution is 6.31. The first-order valence-electron chi connectivity index (χ1n) is 8.18. The third-order valence-corrected chi connectivity index (χ3v) is 4.10. The van der Waals surface area contributed by atoms with Gasteiger partial charge in [-0.1, -0.05) is 31.5 Å². The molecule has 2 rings (SSSR count). The molecule has 0 radical (unpaired) electrons. The molecule has 5 nitrogen and oxygen atoms in total. The zero-order valence-corrected chi connectivity index (χ0v) is 15.4. The maximum atomic E-state index is 12.4. The number of halogens is 1. The number of pyridine rings is 1. The van der Waals surface area contributed by atoms with Crippen LogP contribution >= 0.6 is 11.6 Å². The quantitative estimate of drug-likeness (QED) is 0.816. The molecule has 0 saturated heterocycles. The molecule has 132 valence electrons. The molecule has 0 aliphatic carbocycles. The molecule has 1 aromatic heterocycles. The molecular formula is C19H22ClN3O2. The molecule has 0 fully saturated rings. The average molecular weight is 360 g/mol. The van der Waals surface area contributed by atoms with E-state index in [1.54, 1.807) is 18.2 Å². The predicted molar refractivity (Wildman–Crippen MR) is 100 cm³/mol. The van der Waals surface area contributed by atoms with Gasteiger partial charge in [-0.3, -0.25) is 14.6 Å². The number of nitrogens with one attached hydrogen (secondary N) is 2. The maximum absolute atomic E-state index is 12.4. The van der Waals surface area contributed by atoms with E-state index in [4.69, 9.17) is 11.6 Å². The fraction of sp³-hybridized carbons (Fsp3) is 0.316. The van der Waals surface area contributed by atoms with Crippen molar-refractivity contribution in [3.63, 3.8) is 0 Å². The molecule has 0 spiro atoms. The van der Waals surface area contributed by atoms with E-state index < -0.39 is 0 Å². The van der Waals surface area contributed by atoms with E-state index in [1.165, 1.54) is 12.3 Å². The molecule has 2 amide bonds. The minimum absolute atomic E-state index is 0.221. The van der Waals surface area contributed by atoms with E-state index in [1.807, 2.05) is 13.0 Å². The van der Waals surface area contributed by atoms with Crippen molar-refractivity contribution in [2.24, 2.45) is 5.92 Å². The van der Waals surface area contributed by atoms with Crippen molar-refractivity contribution in [1.29, 1.82) is 0 Å². The zero-order valence-electron chi connectivity index (χ0n) is 14.6. The lowest BCUT2D eigenvalue weighted by atomic mass is 10.1. The van der Waals surface area contributed by atoms with E-state index in [0.29, 0.717) is 28.7 Å². The molecule has 1 aromatic carbocycles. The summed E-state index contributed by atoms with van der Waals surface area (Å²) < 4.78 is 0. The van der Waals surface area contributed by atoms with E-state index in [2.05, 4.69) is 29.5 Å². The van der Waals surface area contributed by atoms with Crippen molar-refractivity contribution in [2.45, 2.75) is 27.2 Å². The van der Waals surface area contributed by atoms with Crippen LogP contribution in [0.2, 0.25) is 5.02 Å². The third kappa shape index (κ3) is 5.57. The molecule has 2 N–H and O–H groups in total. The number of benzene rings is 1. The first kappa shape index (κ1) is 18.9. The van der Waals surface area contributed by atoms with Gasteiger partial charge in [0.15, 0.2) is 0 Å². The highest BCUT2D eigenvalue weighted by Gasteiger charge is 2.12. The van der Waals surface area contributed by atoms with Crippen molar-refractivity contribution in [3.8, 4) is 0 Å². The number of carbonyl (C=O) groups excluding carboxylic acids is 2. The summed E-state index contributed by atoms with van der Waals surface area (Å²) in [6.45, 7) is 6.65. The highest BCUT2D eigenvalue weighted by Crippen LogP contribution is 2.20. The second-order valence-corrected chi connectivity index (χ2v) is 6.69. The number of aryl methyl sites for hydroxylation is 1. The molecule has 0 unspecified atom stereocenters. The largest absolute Gasteiger partial charge is 0.351 e. The maximum Gasteiger partial charge on any atom is 0.269 e. The Balaban J connectivity index is 2.05. The van der Waals surface area contributed by atoms with Crippen molar-refractivity contribution in [3.05, 3.63) is 58.4 Å². The lowest BCUT2D eigenvalue weighted by molar-refractivity contribution is 0.0947. The van der Waals surface area contributed by atoms with Gasteiger partial charge in [-0.25, -0.2) is 0 Å². The van der Waals surface area contributed by atoms with Crippen LogP contribution in [-0.4, -0.2) is 23.3 Å². The van der Waals surface area contributed by atoms with Crippen molar-refractivity contribution in [1.82, 2.24) is 10.3 Å². The van der Waals surface area contributed by atoms with Crippen molar-refractivity contribution >= 4 is 29.1 Å². The first-order chi connectivity index (χ1) is 11.9. The van der Waals surface area contributed by atoms with Gasteiger partial charge in [-0.15, -0.1) is 0 Å². The van der Waals surface area contributed by atoms with Crippen LogP contribution in [0, 0.1) is 12.8 Å². The normalized spacial score (nSPS) is 10.6. The van der Waals surface area contributed by atoms with Crippen LogP contribution in [0.25, 0.3) is 0 Å². The summed E-state index contributed by atoms with van der Waals surface area (Å²) in [6, 6.07) is 8.35. The van der Waals surface area contributed by atoms with Crippen LogP contribution in [-0.2, 0) is 0 Å². The zero-order chi connectivity index (χ0) is 18.4. The Bertz CT molecular complexity index is 775. The number of anilines is 1. The summed E-state index contributed by atoms with van der Waals surface area (Å²) >= 11 is 6.07. The number of carbonyl (C=O) groups is 2. The lowest BCUT2D eigenvalue weighted by Crippen LogP contribution is -2.26. The number of hydrogen-bond acceptors (Lipinski definition) is 3. The predicted octanol–water partition coefficient (Wildman–Crippen LogP) is 4.07. The monoisotopic (exact) mass is 359 g/mol. The van der Waals surface area contributed by atoms with E-state index >= 15 is 0 Å². The highest BCUT2D eigenvalue weighted by atomic mass is 35.5. The Hall–Kier alpha value is -2.40. The summed E-state index contributed by atoms with van der Waals surface area (Å²) in [5.41, 5.74) is 2.11. The average Bonchev–Trinajstić information content (AvgIpc) is 2.58. The van der Waals surface area contributed by atoms with Gasteiger partial charge in [-0.05, 0) is 49.1 Å². The third-order valence-electron chi connectivity index (χ3n) is 3.69. The Kier molecular flexibility index (Phi) is 6.53. The van der Waals surface area contributed by atoms with Crippen LogP contribution < -0.4 is 10.6 Å². The number of hydrogen-bond donors (Lipinski definition) is 2. The molecule has 25 heavy (non-hydrogen) atoms. The fourth-order valence-corrected chi connectivity index (χ4v) is 2.32. The van der Waals surface area contributed by atoms with Gasteiger partial charge in [-0.2, -0.15) is 0 Å². The molecule has 0 aliphatic heterocycles. The van der Waals surface area contributed by atoms with E-state index in [9.17, 15) is 9.59 Å². The van der Waals surface area contributed by atoms with Crippen LogP contribution in [0.3, 0.4) is 0 Å². The van der Waals surface area contributed by atoms with Crippen LogP contribution in [0.15, 0.2) is 36.5 Å². The lowest BCUT2D eigenvalue weighted by Gasteiger charge is -2.09. The topological polar surface area (TPSA) is 71.1 Å². The summed E-state index contributed by atoms with van der Waals surface area (Å²) in [5, 5.41) is 6.16. The minimum atomic E-state index is -0.321. The Labute approximate surface area is 152 Å². The molecular weight excluding hydrogens is 338 g/mol. The van der Waals surface area contributed by atoms with Crippen LogP contribution in [0.1, 0.15) is 46.7 Å². The second-order valence-electron chi connectivity index (χ2n) is 6.29. The number of nitrogens with zero attached hydrogens (tertiary/aromatic N) is 1. The molecule has 0 atom stereocenters. The SMILES string of the molecule is Cc1ccc(NC(=O)c2ccnc(C(=O)NCCC(C)C)c2)cc1Cl. The number of aromatic nitrogens is 1. The summed E-state index contributed by atoms with van der Waals surface area (Å²) in [5.74, 6) is -0.0982. The van der Waals surface area contributed by atoms with Gasteiger partial charge >= 0.3 is 0 Å². The number of amides is 2. The molecule has 1 heterocycles. The van der Waals surface area contributed by atoms with Gasteiger partial charge in [0.1, 0.15) is 5.69 Å². The molecule has 0 saturated carbocycles. The van der Waals surface area contributed by atoms with E-state index in [-0.39, 0.29) is 17.5 Å². The standard InChI is InChI=1S/C19H22ClN3O2/c1-12(2)6-8-22-19(25)17-10-14(7-9-21-17)18(24)23-15-5-4-13(3)16(20)11-15/h4-5,7,9-12H,6,8H2,1-3H3,(H,22,25)(H,23,24). The smallest absolute Gasteiger partial charge is 0.269 e. The minimum Gasteiger partial charge on any atom is -0.351 e. The molecule has 6 heteroatoms. The summed E-state index contributed by atoms with van der Waals surface area (Å²) in [7, 11) is 0. The molecule has 0 aliphatic rings. The van der Waals surface area contributed by atoms with E-state index in [0.717, 1.165) is 12.0 Å². The Morgan fingerprint density at radius 2 is 1.92 bits per heavy atom. The Morgan fingerprint density at radius 3 is 2.60 bits per heavy atom. The van der Waals surface area contributed by atoms with Gasteiger partial charge in [0.05, 0.1) is 0 Å². The van der Waals surface area contributed by atoms with Crippen LogP contribution in [0.5, 0.6) is 0 Å². The van der Waals surface area contributed by atoms with Crippen molar-refractivity contribution in [2.75, 3.05) is 11.9 Å². The first-order valence-corrected chi connectivity index (χ1v) is 8.56. The number of rotatable bonds is 6. The molecule has 2 aromatic rings. The second kappa shape index (κ2) is 8.62. The Morgan fingerprint density at radius 1 is 1.16 bits per heavy atom. The van der Waals surface area contributed by atoms with Crippen molar-refractivity contribution < 1.29 is 9.59 Å². The molecule has 0 bridgehead atoms. The summed E-state index contributed by atoms with van der Waals surface area (Å²) in [4.78, 5) is 28.5. The van der Waals surface area contributed by atoms with Crippen LogP contribution in [0.4, 0.5) is 5.69 Å². The van der Waals surface area contributed by atoms with Gasteiger partial charge < -0.3 is 10.6 Å². The fourth-order valence-electron chi connectivity index (χ4n) is 2.13. The van der Waals surface area contributed by atoms with Gasteiger partial charge in [0.25, 0.3) is 11.8 Å².